The summed E-state index contributed by atoms with van der Waals surface area (Å²) in [6, 6.07) is 1.39. The van der Waals surface area contributed by atoms with Crippen LogP contribution in [0.25, 0.3) is 0 Å². The van der Waals surface area contributed by atoms with E-state index in [1.54, 1.807) is 20.8 Å². The lowest BCUT2D eigenvalue weighted by molar-refractivity contribution is -0.0373. The second kappa shape index (κ2) is 8.39. The van der Waals surface area contributed by atoms with Gasteiger partial charge in [0.25, 0.3) is 0 Å². The van der Waals surface area contributed by atoms with Gasteiger partial charge in [0.15, 0.2) is 0 Å². The molecule has 0 bridgehead atoms. The van der Waals surface area contributed by atoms with Crippen molar-refractivity contribution in [2.24, 2.45) is 5.92 Å². The molecule has 1 aromatic rings. The van der Waals surface area contributed by atoms with Crippen molar-refractivity contribution in [2.45, 2.75) is 52.0 Å². The Morgan fingerprint density at radius 3 is 2.52 bits per heavy atom. The van der Waals surface area contributed by atoms with E-state index in [2.05, 4.69) is 4.98 Å². The van der Waals surface area contributed by atoms with Gasteiger partial charge in [-0.15, -0.1) is 0 Å². The number of hydrogen-bond donors (Lipinski definition) is 4. The predicted octanol–water partition coefficient (Wildman–Crippen LogP) is 0.115. The van der Waals surface area contributed by atoms with E-state index in [0.29, 0.717) is 0 Å². The highest BCUT2D eigenvalue weighted by Gasteiger charge is 2.31. The Bertz CT molecular complexity index is 673. The van der Waals surface area contributed by atoms with Crippen molar-refractivity contribution in [3.63, 3.8) is 0 Å². The monoisotopic (exact) mass is 379 g/mol. The van der Waals surface area contributed by atoms with Crippen molar-refractivity contribution >= 4 is 13.6 Å². The minimum Gasteiger partial charge on any atom is -0.390 e. The number of phosphoric ester groups is 1. The highest BCUT2D eigenvalue weighted by Crippen LogP contribution is 2.47. The van der Waals surface area contributed by atoms with Crippen LogP contribution in [0.2, 0.25) is 0 Å². The fourth-order valence-corrected chi connectivity index (χ4v) is 3.12. The average Bonchev–Trinajstić information content (AvgIpc) is 2.44. The molecule has 5 N–H and O–H groups in total. The Hall–Kier alpha value is -1.29. The van der Waals surface area contributed by atoms with Crippen molar-refractivity contribution in [3.8, 4) is 0 Å². The van der Waals surface area contributed by atoms with Gasteiger partial charge in [0.05, 0.1) is 31.0 Å². The van der Waals surface area contributed by atoms with Gasteiger partial charge in [0, 0.05) is 12.1 Å². The molecule has 0 aliphatic heterocycles. The molecule has 0 spiro atoms. The molecule has 0 amide bonds. The molecule has 4 atom stereocenters. The van der Waals surface area contributed by atoms with Crippen LogP contribution in [-0.4, -0.2) is 49.1 Å². The summed E-state index contributed by atoms with van der Waals surface area (Å²) in [6.07, 6.45) is -1.27. The number of phosphoric acid groups is 1. The number of aliphatic hydroxyl groups is 2. The van der Waals surface area contributed by atoms with Crippen LogP contribution in [0.15, 0.2) is 17.1 Å². The third-order valence-corrected chi connectivity index (χ3v) is 4.40. The van der Waals surface area contributed by atoms with E-state index in [4.69, 9.17) is 14.8 Å². The lowest BCUT2D eigenvalue weighted by Gasteiger charge is -2.26. The van der Waals surface area contributed by atoms with E-state index in [9.17, 15) is 24.5 Å². The molecule has 1 aromatic heterocycles. The van der Waals surface area contributed by atoms with Crippen LogP contribution < -0.4 is 11.4 Å². The van der Waals surface area contributed by atoms with Crippen molar-refractivity contribution in [3.05, 3.63) is 22.7 Å². The number of nitrogens with two attached hydrogens (primary N) is 1. The summed E-state index contributed by atoms with van der Waals surface area (Å²) >= 11 is 0. The van der Waals surface area contributed by atoms with Gasteiger partial charge in [-0.2, -0.15) is 4.98 Å². The van der Waals surface area contributed by atoms with E-state index >= 15 is 0 Å². The summed E-state index contributed by atoms with van der Waals surface area (Å²) in [4.78, 5) is 24.8. The van der Waals surface area contributed by atoms with Crippen molar-refractivity contribution in [1.29, 1.82) is 0 Å². The average molecular weight is 379 g/mol. The molecule has 0 fully saturated rings. The van der Waals surface area contributed by atoms with Crippen LogP contribution in [0, 0.1) is 5.92 Å². The molecular weight excluding hydrogens is 353 g/mol. The van der Waals surface area contributed by atoms with Gasteiger partial charge in [-0.3, -0.25) is 13.6 Å². The van der Waals surface area contributed by atoms with E-state index < -0.39 is 37.2 Å². The standard InChI is InChI=1S/C14H26N3O7P/c1-9(8-23-25(21,22)24-14(2,3)4)12(19)10(18)7-17-6-5-11(15)16-13(17)20/h5-6,9-10,12,18-19H,7-8H2,1-4H3,(H,21,22)(H2,15,16,20). The van der Waals surface area contributed by atoms with E-state index in [0.717, 1.165) is 4.57 Å². The van der Waals surface area contributed by atoms with Crippen molar-refractivity contribution in [2.75, 3.05) is 12.3 Å². The van der Waals surface area contributed by atoms with Crippen LogP contribution in [0.1, 0.15) is 27.7 Å². The van der Waals surface area contributed by atoms with Crippen LogP contribution in [-0.2, 0) is 20.2 Å². The fourth-order valence-electron chi connectivity index (χ4n) is 1.95. The molecule has 0 aliphatic carbocycles. The summed E-state index contributed by atoms with van der Waals surface area (Å²) in [6.45, 7) is 5.78. The minimum absolute atomic E-state index is 0.0515. The Labute approximate surface area is 145 Å². The zero-order valence-electron chi connectivity index (χ0n) is 14.7. The van der Waals surface area contributed by atoms with Crippen LogP contribution in [0.3, 0.4) is 0 Å². The SMILES string of the molecule is CC(COP(=O)(O)OC(C)(C)C)C(O)C(O)Cn1ccc(N)nc1=O. The number of rotatable bonds is 8. The number of anilines is 1. The summed E-state index contributed by atoms with van der Waals surface area (Å²) in [7, 11) is -4.29. The third-order valence-electron chi connectivity index (χ3n) is 3.15. The zero-order valence-corrected chi connectivity index (χ0v) is 15.6. The smallest absolute Gasteiger partial charge is 0.390 e. The summed E-state index contributed by atoms with van der Waals surface area (Å²) in [5, 5.41) is 20.2. The molecule has 1 heterocycles. The first-order valence-corrected chi connectivity index (χ1v) is 9.17. The number of aliphatic hydroxyl groups excluding tert-OH is 2. The van der Waals surface area contributed by atoms with E-state index in [-0.39, 0.29) is 19.0 Å². The molecular formula is C14H26N3O7P. The highest BCUT2D eigenvalue weighted by molar-refractivity contribution is 7.47. The van der Waals surface area contributed by atoms with Gasteiger partial charge in [-0.25, -0.2) is 9.36 Å². The molecule has 0 aliphatic rings. The first-order chi connectivity index (χ1) is 11.3. The minimum atomic E-state index is -4.29. The fraction of sp³-hybridized carbons (Fsp3) is 0.714. The molecule has 144 valence electrons. The molecule has 25 heavy (non-hydrogen) atoms. The van der Waals surface area contributed by atoms with Gasteiger partial charge in [0.2, 0.25) is 0 Å². The number of nitrogens with zero attached hydrogens (tertiary/aromatic N) is 2. The topological polar surface area (TPSA) is 157 Å². The Kier molecular flexibility index (Phi) is 7.30. The van der Waals surface area contributed by atoms with Crippen molar-refractivity contribution < 1.29 is 28.7 Å². The van der Waals surface area contributed by atoms with Gasteiger partial charge in [-0.1, -0.05) is 6.92 Å². The number of aromatic nitrogens is 2. The second-order valence-corrected chi connectivity index (χ2v) is 8.17. The zero-order chi connectivity index (χ0) is 19.4. The summed E-state index contributed by atoms with van der Waals surface area (Å²) < 4.78 is 22.7. The maximum Gasteiger partial charge on any atom is 0.472 e. The first kappa shape index (κ1) is 21.8. The maximum absolute atomic E-state index is 11.8. The number of hydrogen-bond acceptors (Lipinski definition) is 8. The quantitative estimate of drug-likeness (QED) is 0.460. The highest BCUT2D eigenvalue weighted by atomic mass is 31.2. The Balaban J connectivity index is 2.61. The molecule has 4 unspecified atom stereocenters. The number of nitrogen functional groups attached to an aromatic ring is 1. The second-order valence-electron chi connectivity index (χ2n) is 6.79. The van der Waals surface area contributed by atoms with Gasteiger partial charge >= 0.3 is 13.5 Å². The van der Waals surface area contributed by atoms with Crippen LogP contribution in [0.5, 0.6) is 0 Å². The lowest BCUT2D eigenvalue weighted by atomic mass is 10.0. The van der Waals surface area contributed by atoms with Crippen molar-refractivity contribution in [1.82, 2.24) is 9.55 Å². The predicted molar refractivity (Wildman–Crippen MR) is 90.7 cm³/mol. The molecule has 11 heteroatoms. The van der Waals surface area contributed by atoms with E-state index in [1.807, 2.05) is 0 Å². The largest absolute Gasteiger partial charge is 0.472 e. The molecule has 0 saturated carbocycles. The Morgan fingerprint density at radius 2 is 2.00 bits per heavy atom. The lowest BCUT2D eigenvalue weighted by Crippen LogP contribution is -2.39. The third kappa shape index (κ3) is 7.64. The molecule has 1 rings (SSSR count). The van der Waals surface area contributed by atoms with Gasteiger partial charge in [-0.05, 0) is 26.8 Å². The summed E-state index contributed by atoms with van der Waals surface area (Å²) in [5.41, 5.74) is 3.84. The maximum atomic E-state index is 11.8. The first-order valence-electron chi connectivity index (χ1n) is 7.68. The van der Waals surface area contributed by atoms with Crippen LogP contribution >= 0.6 is 7.82 Å². The van der Waals surface area contributed by atoms with Gasteiger partial charge < -0.3 is 20.8 Å². The molecule has 0 radical (unpaired) electrons. The molecule has 10 nitrogen and oxygen atoms in total. The Morgan fingerprint density at radius 1 is 1.40 bits per heavy atom. The van der Waals surface area contributed by atoms with E-state index in [1.165, 1.54) is 19.2 Å². The molecule has 0 aromatic carbocycles. The summed E-state index contributed by atoms with van der Waals surface area (Å²) in [5.74, 6) is -0.646. The molecule has 0 saturated heterocycles. The normalized spacial score (nSPS) is 18.4. The van der Waals surface area contributed by atoms with Crippen LogP contribution in [0.4, 0.5) is 5.82 Å². The van der Waals surface area contributed by atoms with Gasteiger partial charge in [0.1, 0.15) is 5.82 Å².